The summed E-state index contributed by atoms with van der Waals surface area (Å²) in [6.45, 7) is 0.500. The number of aromatic amines is 1. The van der Waals surface area contributed by atoms with Crippen molar-refractivity contribution in [3.63, 3.8) is 0 Å². The fourth-order valence-electron chi connectivity index (χ4n) is 2.91. The van der Waals surface area contributed by atoms with Gasteiger partial charge in [0.1, 0.15) is 18.2 Å². The van der Waals surface area contributed by atoms with E-state index in [0.29, 0.717) is 29.9 Å². The topological polar surface area (TPSA) is 99.4 Å². The summed E-state index contributed by atoms with van der Waals surface area (Å²) in [5.41, 5.74) is 3.13. The Bertz CT molecular complexity index is 1120. The zero-order valence-electron chi connectivity index (χ0n) is 14.4. The molecule has 0 aliphatic heterocycles. The van der Waals surface area contributed by atoms with E-state index in [9.17, 15) is 4.79 Å². The molecule has 7 nitrogen and oxygen atoms in total. The SMILES string of the molecule is N#Cc1c[nH]c2ccc(CCNC(=O)c3ccc(-n4ccnc4)nc3)cc12. The van der Waals surface area contributed by atoms with E-state index < -0.39 is 0 Å². The molecule has 0 spiro atoms. The third kappa shape index (κ3) is 3.41. The number of fused-ring (bicyclic) bond motifs is 1. The molecule has 0 fully saturated rings. The largest absolute Gasteiger partial charge is 0.360 e. The number of hydrogen-bond acceptors (Lipinski definition) is 4. The van der Waals surface area contributed by atoms with Crippen molar-refractivity contribution in [2.75, 3.05) is 6.54 Å². The van der Waals surface area contributed by atoms with Gasteiger partial charge in [0.15, 0.2) is 0 Å². The summed E-state index contributed by atoms with van der Waals surface area (Å²) in [6.07, 6.45) is 9.06. The van der Waals surface area contributed by atoms with E-state index in [1.807, 2.05) is 18.2 Å². The lowest BCUT2D eigenvalue weighted by Gasteiger charge is -2.07. The molecule has 1 aromatic carbocycles. The molecule has 0 bridgehead atoms. The zero-order chi connectivity index (χ0) is 18.6. The van der Waals surface area contributed by atoms with Crippen LogP contribution in [-0.2, 0) is 6.42 Å². The summed E-state index contributed by atoms with van der Waals surface area (Å²) in [5, 5.41) is 12.9. The molecule has 0 aliphatic rings. The van der Waals surface area contributed by atoms with E-state index in [2.05, 4.69) is 26.3 Å². The summed E-state index contributed by atoms with van der Waals surface area (Å²) in [5.74, 6) is 0.539. The standard InChI is InChI=1S/C20H16N6O/c21-10-16-12-24-18-3-1-14(9-17(16)18)5-6-23-20(27)15-2-4-19(25-11-15)26-8-7-22-13-26/h1-4,7-9,11-13,24H,5-6H2,(H,23,27). The van der Waals surface area contributed by atoms with Crippen LogP contribution >= 0.6 is 0 Å². The van der Waals surface area contributed by atoms with E-state index in [1.165, 1.54) is 0 Å². The number of carbonyl (C=O) groups is 1. The van der Waals surface area contributed by atoms with Crippen LogP contribution in [0.1, 0.15) is 21.5 Å². The van der Waals surface area contributed by atoms with Crippen LogP contribution in [0.2, 0.25) is 0 Å². The minimum absolute atomic E-state index is 0.167. The minimum Gasteiger partial charge on any atom is -0.360 e. The number of nitrogens with zero attached hydrogens (tertiary/aromatic N) is 4. The molecule has 3 heterocycles. The van der Waals surface area contributed by atoms with Gasteiger partial charge < -0.3 is 10.3 Å². The smallest absolute Gasteiger partial charge is 0.252 e. The number of aromatic nitrogens is 4. The molecule has 0 saturated heterocycles. The molecular weight excluding hydrogens is 340 g/mol. The summed E-state index contributed by atoms with van der Waals surface area (Å²) >= 11 is 0. The fraction of sp³-hybridized carbons (Fsp3) is 0.100. The number of nitrogens with one attached hydrogen (secondary N) is 2. The summed E-state index contributed by atoms with van der Waals surface area (Å²) < 4.78 is 1.77. The first-order chi connectivity index (χ1) is 13.2. The van der Waals surface area contributed by atoms with E-state index in [0.717, 1.165) is 16.5 Å². The molecule has 4 rings (SSSR count). The lowest BCUT2D eigenvalue weighted by Crippen LogP contribution is -2.25. The van der Waals surface area contributed by atoms with Gasteiger partial charge in [-0.2, -0.15) is 5.26 Å². The van der Waals surface area contributed by atoms with Crippen molar-refractivity contribution >= 4 is 16.8 Å². The van der Waals surface area contributed by atoms with Crippen molar-refractivity contribution in [3.05, 3.63) is 78.1 Å². The van der Waals surface area contributed by atoms with Crippen molar-refractivity contribution in [3.8, 4) is 11.9 Å². The maximum absolute atomic E-state index is 12.3. The average molecular weight is 356 g/mol. The van der Waals surface area contributed by atoms with Gasteiger partial charge in [-0.15, -0.1) is 0 Å². The number of carbonyl (C=O) groups excluding carboxylic acids is 1. The Morgan fingerprint density at radius 2 is 2.22 bits per heavy atom. The molecule has 2 N–H and O–H groups in total. The van der Waals surface area contributed by atoms with Crippen LogP contribution in [-0.4, -0.2) is 32.0 Å². The Labute approximate surface area is 155 Å². The molecule has 0 radical (unpaired) electrons. The Balaban J connectivity index is 1.37. The molecule has 27 heavy (non-hydrogen) atoms. The van der Waals surface area contributed by atoms with Gasteiger partial charge in [-0.25, -0.2) is 9.97 Å². The second kappa shape index (κ2) is 7.14. The predicted octanol–water partition coefficient (Wildman–Crippen LogP) is 2.59. The fourth-order valence-corrected chi connectivity index (χ4v) is 2.91. The molecule has 4 aromatic rings. The predicted molar refractivity (Wildman–Crippen MR) is 100 cm³/mol. The number of hydrogen-bond donors (Lipinski definition) is 2. The maximum atomic E-state index is 12.3. The normalized spacial score (nSPS) is 10.6. The van der Waals surface area contributed by atoms with Crippen LogP contribution < -0.4 is 5.32 Å². The highest BCUT2D eigenvalue weighted by atomic mass is 16.1. The van der Waals surface area contributed by atoms with Gasteiger partial charge in [0.25, 0.3) is 5.91 Å². The third-order valence-corrected chi connectivity index (χ3v) is 4.34. The van der Waals surface area contributed by atoms with Crippen LogP contribution in [0.5, 0.6) is 0 Å². The number of nitriles is 1. The van der Waals surface area contributed by atoms with Crippen molar-refractivity contribution in [2.45, 2.75) is 6.42 Å². The molecular formula is C20H16N6O. The van der Waals surface area contributed by atoms with Crippen LogP contribution in [0.3, 0.4) is 0 Å². The lowest BCUT2D eigenvalue weighted by atomic mass is 10.1. The summed E-state index contributed by atoms with van der Waals surface area (Å²) in [6, 6.07) is 11.6. The second-order valence-corrected chi connectivity index (χ2v) is 6.08. The quantitative estimate of drug-likeness (QED) is 0.574. The average Bonchev–Trinajstić information content (AvgIpc) is 3.37. The first-order valence-electron chi connectivity index (χ1n) is 8.47. The van der Waals surface area contributed by atoms with Gasteiger partial charge in [0, 0.05) is 42.2 Å². The highest BCUT2D eigenvalue weighted by Gasteiger charge is 2.08. The first-order valence-corrected chi connectivity index (χ1v) is 8.47. The number of rotatable bonds is 5. The van der Waals surface area contributed by atoms with Crippen LogP contribution in [0.25, 0.3) is 16.7 Å². The molecule has 0 saturated carbocycles. The van der Waals surface area contributed by atoms with Crippen molar-refractivity contribution in [1.29, 1.82) is 5.26 Å². The molecule has 0 unspecified atom stereocenters. The number of imidazole rings is 1. The Morgan fingerprint density at radius 1 is 1.30 bits per heavy atom. The van der Waals surface area contributed by atoms with Crippen molar-refractivity contribution in [2.24, 2.45) is 0 Å². The van der Waals surface area contributed by atoms with Gasteiger partial charge in [-0.1, -0.05) is 6.07 Å². The van der Waals surface area contributed by atoms with Gasteiger partial charge >= 0.3 is 0 Å². The van der Waals surface area contributed by atoms with Gasteiger partial charge in [-0.3, -0.25) is 9.36 Å². The Hall–Kier alpha value is -3.92. The van der Waals surface area contributed by atoms with Gasteiger partial charge in [0.2, 0.25) is 0 Å². The number of pyridine rings is 1. The lowest BCUT2D eigenvalue weighted by molar-refractivity contribution is 0.0954. The Morgan fingerprint density at radius 3 is 2.96 bits per heavy atom. The summed E-state index contributed by atoms with van der Waals surface area (Å²) in [4.78, 5) is 23.6. The Kier molecular flexibility index (Phi) is 4.37. The van der Waals surface area contributed by atoms with Gasteiger partial charge in [-0.05, 0) is 36.2 Å². The molecule has 0 aliphatic carbocycles. The first kappa shape index (κ1) is 16.5. The van der Waals surface area contributed by atoms with Gasteiger partial charge in [0.05, 0.1) is 11.1 Å². The monoisotopic (exact) mass is 356 g/mol. The molecule has 132 valence electrons. The van der Waals surface area contributed by atoms with Crippen LogP contribution in [0.4, 0.5) is 0 Å². The third-order valence-electron chi connectivity index (χ3n) is 4.34. The number of amides is 1. The molecule has 3 aromatic heterocycles. The number of H-pyrrole nitrogens is 1. The van der Waals surface area contributed by atoms with Crippen LogP contribution in [0.15, 0.2) is 61.4 Å². The van der Waals surface area contributed by atoms with E-state index in [4.69, 9.17) is 5.26 Å². The highest BCUT2D eigenvalue weighted by molar-refractivity contribution is 5.94. The second-order valence-electron chi connectivity index (χ2n) is 6.08. The van der Waals surface area contributed by atoms with Crippen molar-refractivity contribution < 1.29 is 4.79 Å². The molecule has 1 amide bonds. The minimum atomic E-state index is -0.167. The van der Waals surface area contributed by atoms with E-state index in [-0.39, 0.29) is 5.91 Å². The summed E-state index contributed by atoms with van der Waals surface area (Å²) in [7, 11) is 0. The number of benzene rings is 1. The highest BCUT2D eigenvalue weighted by Crippen LogP contribution is 2.19. The molecule has 7 heteroatoms. The van der Waals surface area contributed by atoms with Crippen LogP contribution in [0, 0.1) is 11.3 Å². The van der Waals surface area contributed by atoms with Crippen molar-refractivity contribution in [1.82, 2.24) is 24.8 Å². The molecule has 0 atom stereocenters. The zero-order valence-corrected chi connectivity index (χ0v) is 14.4. The van der Waals surface area contributed by atoms with E-state index in [1.54, 1.807) is 47.8 Å². The van der Waals surface area contributed by atoms with E-state index >= 15 is 0 Å². The maximum Gasteiger partial charge on any atom is 0.252 e.